The van der Waals surface area contributed by atoms with Crippen LogP contribution in [0.5, 0.6) is 0 Å². The first kappa shape index (κ1) is 17.8. The van der Waals surface area contributed by atoms with Gasteiger partial charge < -0.3 is 10.1 Å². The molecule has 0 aliphatic heterocycles. The normalized spacial score (nSPS) is 10.4. The Kier molecular flexibility index (Phi) is 5.94. The molecule has 0 aromatic heterocycles. The molecule has 0 heterocycles. The molecule has 0 spiro atoms. The summed E-state index contributed by atoms with van der Waals surface area (Å²) >= 11 is 0. The van der Waals surface area contributed by atoms with E-state index >= 15 is 0 Å². The number of carbonyl (C=O) groups excluding carboxylic acids is 2. The van der Waals surface area contributed by atoms with Gasteiger partial charge in [-0.05, 0) is 18.2 Å². The molecule has 0 unspecified atom stereocenters. The highest BCUT2D eigenvalue weighted by Crippen LogP contribution is 2.22. The van der Waals surface area contributed by atoms with E-state index in [2.05, 4.69) is 5.32 Å². The third-order valence-corrected chi connectivity index (χ3v) is 3.02. The zero-order valence-electron chi connectivity index (χ0n) is 12.8. The highest BCUT2D eigenvalue weighted by atomic mass is 19.1. The quantitative estimate of drug-likeness (QED) is 0.376. The molecule has 0 saturated carbocycles. The van der Waals surface area contributed by atoms with Crippen LogP contribution in [0.4, 0.5) is 15.8 Å². The van der Waals surface area contributed by atoms with Gasteiger partial charge >= 0.3 is 5.97 Å². The summed E-state index contributed by atoms with van der Waals surface area (Å²) in [6.45, 7) is -0.632. The fraction of sp³-hybridized carbons (Fsp3) is 0.0588. The largest absolute Gasteiger partial charge is 0.452 e. The number of hydrogen-bond donors (Lipinski definition) is 1. The molecule has 0 radical (unpaired) electrons. The van der Waals surface area contributed by atoms with Crippen molar-refractivity contribution in [3.63, 3.8) is 0 Å². The van der Waals surface area contributed by atoms with Crippen molar-refractivity contribution < 1.29 is 23.6 Å². The number of nitro groups is 1. The van der Waals surface area contributed by atoms with Crippen LogP contribution in [0.25, 0.3) is 6.08 Å². The molecular formula is C17H13FN2O5. The van der Waals surface area contributed by atoms with Crippen LogP contribution in [-0.4, -0.2) is 23.4 Å². The Morgan fingerprint density at radius 1 is 1.16 bits per heavy atom. The summed E-state index contributed by atoms with van der Waals surface area (Å²) in [4.78, 5) is 33.5. The van der Waals surface area contributed by atoms with Crippen LogP contribution in [0.15, 0.2) is 54.6 Å². The van der Waals surface area contributed by atoms with Crippen LogP contribution in [0.3, 0.4) is 0 Å². The molecule has 25 heavy (non-hydrogen) atoms. The summed E-state index contributed by atoms with van der Waals surface area (Å²) in [5, 5.41) is 13.1. The first-order chi connectivity index (χ1) is 12.0. The molecule has 2 rings (SSSR count). The standard InChI is InChI=1S/C17H13FN2O5/c18-13-6-2-1-5-12(13)9-10-17(22)25-11-16(21)19-14-7-3-4-8-15(14)20(23)24/h1-10H,11H2,(H,19,21)/b10-9+. The average Bonchev–Trinajstić information content (AvgIpc) is 2.59. The van der Waals surface area contributed by atoms with E-state index in [-0.39, 0.29) is 16.9 Å². The Morgan fingerprint density at radius 3 is 2.56 bits per heavy atom. The maximum absolute atomic E-state index is 13.4. The second kappa shape index (κ2) is 8.34. The summed E-state index contributed by atoms with van der Waals surface area (Å²) in [6, 6.07) is 11.4. The number of rotatable bonds is 6. The molecule has 8 heteroatoms. The number of para-hydroxylation sites is 2. The summed E-state index contributed by atoms with van der Waals surface area (Å²) < 4.78 is 18.1. The van der Waals surface area contributed by atoms with Crippen LogP contribution in [0, 0.1) is 15.9 Å². The number of nitrogens with zero attached hydrogens (tertiary/aromatic N) is 1. The Bertz CT molecular complexity index is 835. The van der Waals surface area contributed by atoms with Gasteiger partial charge in [0.15, 0.2) is 6.61 Å². The number of nitro benzene ring substituents is 1. The summed E-state index contributed by atoms with van der Waals surface area (Å²) in [5.41, 5.74) is -0.0825. The molecule has 0 fully saturated rings. The van der Waals surface area contributed by atoms with Crippen molar-refractivity contribution >= 4 is 29.3 Å². The monoisotopic (exact) mass is 344 g/mol. The van der Waals surface area contributed by atoms with Crippen molar-refractivity contribution in [2.24, 2.45) is 0 Å². The van der Waals surface area contributed by atoms with Gasteiger partial charge in [-0.1, -0.05) is 30.3 Å². The maximum Gasteiger partial charge on any atom is 0.331 e. The van der Waals surface area contributed by atoms with Crippen molar-refractivity contribution in [2.75, 3.05) is 11.9 Å². The minimum absolute atomic E-state index is 0.00422. The van der Waals surface area contributed by atoms with E-state index in [0.29, 0.717) is 0 Å². The molecule has 0 saturated heterocycles. The Labute approximate surface area is 141 Å². The van der Waals surface area contributed by atoms with Crippen LogP contribution in [0.1, 0.15) is 5.56 Å². The number of anilines is 1. The first-order valence-corrected chi connectivity index (χ1v) is 7.10. The third kappa shape index (κ3) is 5.24. The Hall–Kier alpha value is -3.55. The van der Waals surface area contributed by atoms with Crippen LogP contribution in [-0.2, 0) is 14.3 Å². The predicted octanol–water partition coefficient (Wildman–Crippen LogP) is 2.93. The van der Waals surface area contributed by atoms with Crippen molar-refractivity contribution in [2.45, 2.75) is 0 Å². The van der Waals surface area contributed by atoms with Gasteiger partial charge in [0, 0.05) is 17.7 Å². The maximum atomic E-state index is 13.4. The highest BCUT2D eigenvalue weighted by molar-refractivity contribution is 5.96. The smallest absolute Gasteiger partial charge is 0.331 e. The zero-order chi connectivity index (χ0) is 18.2. The fourth-order valence-electron chi connectivity index (χ4n) is 1.88. The van der Waals surface area contributed by atoms with E-state index in [1.54, 1.807) is 6.07 Å². The van der Waals surface area contributed by atoms with Crippen LogP contribution in [0.2, 0.25) is 0 Å². The number of carbonyl (C=O) groups is 2. The molecule has 0 aliphatic rings. The first-order valence-electron chi connectivity index (χ1n) is 7.10. The van der Waals surface area contributed by atoms with Crippen LogP contribution >= 0.6 is 0 Å². The highest BCUT2D eigenvalue weighted by Gasteiger charge is 2.15. The van der Waals surface area contributed by atoms with E-state index in [9.17, 15) is 24.1 Å². The number of nitrogens with one attached hydrogen (secondary N) is 1. The molecule has 2 aromatic rings. The summed E-state index contributed by atoms with van der Waals surface area (Å²) in [5.74, 6) is -2.08. The second-order valence-corrected chi connectivity index (χ2v) is 4.78. The number of ether oxygens (including phenoxy) is 1. The molecular weight excluding hydrogens is 331 g/mol. The molecule has 2 aromatic carbocycles. The lowest BCUT2D eigenvalue weighted by Gasteiger charge is -2.05. The van der Waals surface area contributed by atoms with E-state index in [0.717, 1.165) is 6.08 Å². The van der Waals surface area contributed by atoms with E-state index in [1.165, 1.54) is 48.5 Å². The number of benzene rings is 2. The lowest BCUT2D eigenvalue weighted by Crippen LogP contribution is -2.20. The van der Waals surface area contributed by atoms with Crippen molar-refractivity contribution in [3.05, 3.63) is 76.1 Å². The van der Waals surface area contributed by atoms with Gasteiger partial charge in [-0.25, -0.2) is 9.18 Å². The minimum atomic E-state index is -0.846. The van der Waals surface area contributed by atoms with E-state index in [4.69, 9.17) is 4.74 Å². The third-order valence-electron chi connectivity index (χ3n) is 3.02. The summed E-state index contributed by atoms with van der Waals surface area (Å²) in [7, 11) is 0. The van der Waals surface area contributed by atoms with Gasteiger partial charge in [0.25, 0.3) is 11.6 Å². The Morgan fingerprint density at radius 2 is 1.84 bits per heavy atom. The van der Waals surface area contributed by atoms with Gasteiger partial charge in [-0.3, -0.25) is 14.9 Å². The minimum Gasteiger partial charge on any atom is -0.452 e. The number of halogens is 1. The number of amides is 1. The molecule has 0 bridgehead atoms. The number of hydrogen-bond acceptors (Lipinski definition) is 5. The topological polar surface area (TPSA) is 98.5 Å². The van der Waals surface area contributed by atoms with Gasteiger partial charge in [0.05, 0.1) is 4.92 Å². The van der Waals surface area contributed by atoms with Gasteiger partial charge in [0.2, 0.25) is 0 Å². The lowest BCUT2D eigenvalue weighted by atomic mass is 10.2. The zero-order valence-corrected chi connectivity index (χ0v) is 12.8. The van der Waals surface area contributed by atoms with Crippen LogP contribution < -0.4 is 5.32 Å². The lowest BCUT2D eigenvalue weighted by molar-refractivity contribution is -0.383. The van der Waals surface area contributed by atoms with Crippen molar-refractivity contribution in [3.8, 4) is 0 Å². The van der Waals surface area contributed by atoms with Crippen molar-refractivity contribution in [1.29, 1.82) is 0 Å². The van der Waals surface area contributed by atoms with Gasteiger partial charge in [-0.15, -0.1) is 0 Å². The molecule has 0 aliphatic carbocycles. The summed E-state index contributed by atoms with van der Waals surface area (Å²) in [6.07, 6.45) is 2.20. The average molecular weight is 344 g/mol. The molecule has 7 nitrogen and oxygen atoms in total. The van der Waals surface area contributed by atoms with E-state index in [1.807, 2.05) is 0 Å². The second-order valence-electron chi connectivity index (χ2n) is 4.78. The fourth-order valence-corrected chi connectivity index (χ4v) is 1.88. The SMILES string of the molecule is O=C(COC(=O)/C=C/c1ccccc1F)Nc1ccccc1[N+](=O)[O-]. The van der Waals surface area contributed by atoms with Gasteiger partial charge in [0.1, 0.15) is 11.5 Å². The Balaban J connectivity index is 1.89. The van der Waals surface area contributed by atoms with Gasteiger partial charge in [-0.2, -0.15) is 0 Å². The molecule has 1 N–H and O–H groups in total. The van der Waals surface area contributed by atoms with E-state index < -0.39 is 29.2 Å². The molecule has 0 atom stereocenters. The predicted molar refractivity (Wildman–Crippen MR) is 88.1 cm³/mol. The molecule has 128 valence electrons. The van der Waals surface area contributed by atoms with Crippen molar-refractivity contribution in [1.82, 2.24) is 0 Å². The number of esters is 1. The molecule has 1 amide bonds.